The molecule has 1 heteroatoms. The van der Waals surface area contributed by atoms with Crippen molar-refractivity contribution in [3.05, 3.63) is 12.3 Å². The molecule has 0 aromatic carbocycles. The highest BCUT2D eigenvalue weighted by atomic mass is 14.5. The summed E-state index contributed by atoms with van der Waals surface area (Å²) >= 11 is 0. The van der Waals surface area contributed by atoms with Crippen molar-refractivity contribution in [2.45, 2.75) is 122 Å². The van der Waals surface area contributed by atoms with Gasteiger partial charge in [0.15, 0.2) is 1.41 Å². The lowest BCUT2D eigenvalue weighted by molar-refractivity contribution is 0.527. The highest BCUT2D eigenvalue weighted by Crippen LogP contribution is 2.14. The predicted octanol–water partition coefficient (Wildman–Crippen LogP) is 7.50. The molecule has 132 valence electrons. The normalized spacial score (nSPS) is 12.0. The first-order valence-electron chi connectivity index (χ1n) is 10.7. The molecule has 0 saturated heterocycles. The van der Waals surface area contributed by atoms with Crippen LogP contribution >= 0.6 is 0 Å². The number of hydrogen-bond acceptors (Lipinski definition) is 1. The number of nitrogens with two attached hydrogens (primary N) is 1. The van der Waals surface area contributed by atoms with E-state index in [-0.39, 0.29) is 0 Å². The Morgan fingerprint density at radius 2 is 0.955 bits per heavy atom. The minimum atomic E-state index is 1.12. The number of rotatable bonds is 19. The van der Waals surface area contributed by atoms with Gasteiger partial charge < -0.3 is 5.73 Å². The number of allylic oxidation sites excluding steroid dienone is 1. The molecule has 0 bridgehead atoms. The molecule has 0 radical (unpaired) electrons. The van der Waals surface area contributed by atoms with Crippen molar-refractivity contribution >= 4 is 0 Å². The van der Waals surface area contributed by atoms with Crippen LogP contribution in [0.5, 0.6) is 0 Å². The van der Waals surface area contributed by atoms with Crippen molar-refractivity contribution in [1.29, 1.82) is 0 Å². The molecule has 0 aliphatic rings. The van der Waals surface area contributed by atoms with Crippen LogP contribution in [-0.2, 0) is 0 Å². The summed E-state index contributed by atoms with van der Waals surface area (Å²) in [6.45, 7) is 2.29. The van der Waals surface area contributed by atoms with Gasteiger partial charge in [0.2, 0.25) is 0 Å². The molecule has 1 nitrogen and oxygen atoms in total. The van der Waals surface area contributed by atoms with Crippen molar-refractivity contribution in [2.24, 2.45) is 5.73 Å². The Balaban J connectivity index is 2.96. The fourth-order valence-corrected chi connectivity index (χ4v) is 3.07. The van der Waals surface area contributed by atoms with Gasteiger partial charge in [0, 0.05) is 0 Å². The van der Waals surface area contributed by atoms with Crippen LogP contribution in [0.4, 0.5) is 0 Å². The van der Waals surface area contributed by atoms with Gasteiger partial charge in [0.05, 0.1) is 0 Å². The van der Waals surface area contributed by atoms with Crippen LogP contribution in [0.1, 0.15) is 122 Å². The second-order valence-electron chi connectivity index (χ2n) is 6.85. The maximum atomic E-state index is 6.77. The third-order valence-corrected chi connectivity index (χ3v) is 4.59. The Morgan fingerprint density at radius 3 is 1.32 bits per heavy atom. The smallest absolute Gasteiger partial charge is 0.156 e. The zero-order valence-corrected chi connectivity index (χ0v) is 15.4. The maximum absolute atomic E-state index is 6.77. The molecule has 0 saturated carbocycles. The molecule has 0 fully saturated rings. The Morgan fingerprint density at radius 1 is 0.591 bits per heavy atom. The van der Waals surface area contributed by atoms with Crippen LogP contribution in [0.3, 0.4) is 0 Å². The molecular weight excluding hydrogens is 266 g/mol. The third-order valence-electron chi connectivity index (χ3n) is 4.59. The van der Waals surface area contributed by atoms with Crippen LogP contribution in [-0.4, -0.2) is 0 Å². The SMILES string of the molecule is [2H]NC=CCCCCCCCCCCCCCCCCCCC. The highest BCUT2D eigenvalue weighted by Gasteiger charge is 1.94. The fraction of sp³-hybridized carbons (Fsp3) is 0.905. The average Bonchev–Trinajstić information content (AvgIpc) is 2.57. The Hall–Kier alpha value is -0.460. The fourth-order valence-electron chi connectivity index (χ4n) is 3.07. The summed E-state index contributed by atoms with van der Waals surface area (Å²) in [5, 5.41) is 0. The first-order valence-corrected chi connectivity index (χ1v) is 10.2. The van der Waals surface area contributed by atoms with Crippen LogP contribution < -0.4 is 5.73 Å². The van der Waals surface area contributed by atoms with E-state index in [0.29, 0.717) is 0 Å². The van der Waals surface area contributed by atoms with E-state index < -0.39 is 0 Å². The molecule has 0 unspecified atom stereocenters. The van der Waals surface area contributed by atoms with E-state index in [4.69, 9.17) is 1.41 Å². The van der Waals surface area contributed by atoms with Gasteiger partial charge in [-0.25, -0.2) is 0 Å². The Bertz CT molecular complexity index is 228. The van der Waals surface area contributed by atoms with E-state index in [0.717, 1.165) is 6.42 Å². The van der Waals surface area contributed by atoms with Crippen LogP contribution in [0, 0.1) is 0 Å². The van der Waals surface area contributed by atoms with Crippen molar-refractivity contribution < 1.29 is 1.41 Å². The topological polar surface area (TPSA) is 26.0 Å². The molecule has 0 spiro atoms. The molecule has 0 aliphatic carbocycles. The summed E-state index contributed by atoms with van der Waals surface area (Å²) in [7, 11) is 0. The molecule has 0 atom stereocenters. The van der Waals surface area contributed by atoms with E-state index in [9.17, 15) is 0 Å². The van der Waals surface area contributed by atoms with Crippen molar-refractivity contribution in [2.75, 3.05) is 0 Å². The summed E-state index contributed by atoms with van der Waals surface area (Å²) < 4.78 is 6.77. The van der Waals surface area contributed by atoms with Crippen LogP contribution in [0.2, 0.25) is 1.41 Å². The van der Waals surface area contributed by atoms with Gasteiger partial charge in [-0.3, -0.25) is 0 Å². The quantitative estimate of drug-likeness (QED) is 0.245. The summed E-state index contributed by atoms with van der Waals surface area (Å²) in [5.41, 5.74) is 2.29. The largest absolute Gasteiger partial charge is 0.405 e. The summed E-state index contributed by atoms with van der Waals surface area (Å²) in [4.78, 5) is 0. The van der Waals surface area contributed by atoms with E-state index in [1.165, 1.54) is 109 Å². The molecule has 2 N–H and O–H groups in total. The second-order valence-corrected chi connectivity index (χ2v) is 6.85. The minimum absolute atomic E-state index is 1.12. The lowest BCUT2D eigenvalue weighted by atomic mass is 10.0. The molecule has 0 rings (SSSR count). The van der Waals surface area contributed by atoms with Gasteiger partial charge in [0.25, 0.3) is 0 Å². The zero-order chi connectivity index (χ0) is 16.8. The van der Waals surface area contributed by atoms with Crippen LogP contribution in [0.25, 0.3) is 0 Å². The lowest BCUT2D eigenvalue weighted by Gasteiger charge is -2.03. The van der Waals surface area contributed by atoms with E-state index in [1.54, 1.807) is 6.20 Å². The monoisotopic (exact) mass is 310 g/mol. The number of hydrogen-bond donors (Lipinski definition) is 1. The van der Waals surface area contributed by atoms with Crippen molar-refractivity contribution in [1.82, 2.24) is 0 Å². The average molecular weight is 311 g/mol. The van der Waals surface area contributed by atoms with Gasteiger partial charge >= 0.3 is 0 Å². The lowest BCUT2D eigenvalue weighted by Crippen LogP contribution is -1.84. The molecular formula is C21H43N. The third kappa shape index (κ3) is 19.5. The predicted molar refractivity (Wildman–Crippen MR) is 102 cm³/mol. The van der Waals surface area contributed by atoms with Gasteiger partial charge in [-0.1, -0.05) is 116 Å². The Kier molecular flexibility index (Phi) is 18.3. The van der Waals surface area contributed by atoms with E-state index in [1.807, 2.05) is 0 Å². The standard InChI is InChI=1S/C21H43N/c1-2-3-4-5-6-7-8-9-10-11-12-13-14-15-16-17-18-19-20-21-22/h20-21H,2-19,22H2,1H3/i/hD. The summed E-state index contributed by atoms with van der Waals surface area (Å²) in [6.07, 6.45) is 29.1. The van der Waals surface area contributed by atoms with Crippen molar-refractivity contribution in [3.63, 3.8) is 0 Å². The van der Waals surface area contributed by atoms with E-state index >= 15 is 0 Å². The molecule has 22 heavy (non-hydrogen) atoms. The van der Waals surface area contributed by atoms with E-state index in [2.05, 4.69) is 18.7 Å². The summed E-state index contributed by atoms with van der Waals surface area (Å²) in [6, 6.07) is 0. The van der Waals surface area contributed by atoms with Crippen LogP contribution in [0.15, 0.2) is 12.3 Å². The molecule has 0 amide bonds. The first kappa shape index (κ1) is 19.6. The highest BCUT2D eigenvalue weighted by molar-refractivity contribution is 4.74. The van der Waals surface area contributed by atoms with Gasteiger partial charge in [0.1, 0.15) is 0 Å². The number of unbranched alkanes of at least 4 members (excludes halogenated alkanes) is 17. The minimum Gasteiger partial charge on any atom is -0.405 e. The summed E-state index contributed by atoms with van der Waals surface area (Å²) in [5.74, 6) is 0. The van der Waals surface area contributed by atoms with Gasteiger partial charge in [-0.05, 0) is 19.0 Å². The first-order chi connectivity index (χ1) is 11.4. The van der Waals surface area contributed by atoms with Gasteiger partial charge in [-0.15, -0.1) is 0 Å². The molecule has 0 aromatic heterocycles. The van der Waals surface area contributed by atoms with Gasteiger partial charge in [-0.2, -0.15) is 0 Å². The molecule has 0 aromatic rings. The maximum Gasteiger partial charge on any atom is 0.156 e. The molecule has 0 heterocycles. The second kappa shape index (κ2) is 20.5. The van der Waals surface area contributed by atoms with Crippen molar-refractivity contribution in [3.8, 4) is 0 Å². The Labute approximate surface area is 142 Å². The molecule has 0 aliphatic heterocycles. The zero-order valence-electron chi connectivity index (χ0n) is 16.4.